The molecule has 1 spiro atoms. The molecule has 0 radical (unpaired) electrons. The Balaban J connectivity index is 1.18. The van der Waals surface area contributed by atoms with Crippen molar-refractivity contribution in [3.8, 4) is 5.82 Å². The van der Waals surface area contributed by atoms with Gasteiger partial charge in [0.05, 0.1) is 16.9 Å². The summed E-state index contributed by atoms with van der Waals surface area (Å²) in [6, 6.07) is 3.84. The van der Waals surface area contributed by atoms with Gasteiger partial charge in [0, 0.05) is 32.4 Å². The number of cyclic esters (lactones) is 1. The maximum atomic E-state index is 14.5. The molecule has 0 atom stereocenters. The molecule has 0 N–H and O–H groups in total. The molecule has 3 aliphatic rings. The van der Waals surface area contributed by atoms with E-state index in [0.717, 1.165) is 18.5 Å². The Bertz CT molecular complexity index is 1030. The van der Waals surface area contributed by atoms with E-state index in [2.05, 4.69) is 25.4 Å². The number of tetrazole rings is 1. The van der Waals surface area contributed by atoms with Gasteiger partial charge in [0.25, 0.3) is 0 Å². The molecule has 3 aliphatic heterocycles. The lowest BCUT2D eigenvalue weighted by Crippen LogP contribution is -2.61. The minimum absolute atomic E-state index is 0.0448. The van der Waals surface area contributed by atoms with Crippen LogP contribution >= 0.6 is 0 Å². The summed E-state index contributed by atoms with van der Waals surface area (Å²) in [6.07, 6.45) is 1.80. The number of nitrogens with zero attached hydrogens (tertiary/aromatic N) is 7. The third-order valence-corrected chi connectivity index (χ3v) is 6.56. The molecule has 176 valence electrons. The first kappa shape index (κ1) is 21.8. The number of hydrogen-bond donors (Lipinski definition) is 0. The third-order valence-electron chi connectivity index (χ3n) is 6.56. The van der Waals surface area contributed by atoms with Gasteiger partial charge in [0.2, 0.25) is 0 Å². The second-order valence-electron chi connectivity index (χ2n) is 8.80. The normalized spacial score (nSPS) is 22.8. The molecular formula is C21H25F2N7O3. The number of hydrogen-bond acceptors (Lipinski definition) is 9. The van der Waals surface area contributed by atoms with Crippen molar-refractivity contribution in [3.63, 3.8) is 0 Å². The van der Waals surface area contributed by atoms with Gasteiger partial charge in [-0.15, -0.1) is 5.10 Å². The van der Waals surface area contributed by atoms with E-state index in [1.54, 1.807) is 18.0 Å². The molecule has 5 rings (SSSR count). The van der Waals surface area contributed by atoms with Gasteiger partial charge < -0.3 is 19.3 Å². The first-order valence-electron chi connectivity index (χ1n) is 10.9. The van der Waals surface area contributed by atoms with Gasteiger partial charge in [-0.25, -0.2) is 9.78 Å². The van der Waals surface area contributed by atoms with Crippen LogP contribution in [0.1, 0.15) is 25.3 Å². The van der Waals surface area contributed by atoms with Crippen molar-refractivity contribution in [2.24, 2.45) is 0 Å². The van der Waals surface area contributed by atoms with E-state index in [1.807, 2.05) is 12.1 Å². The van der Waals surface area contributed by atoms with Crippen molar-refractivity contribution in [2.45, 2.75) is 37.9 Å². The lowest BCUT2D eigenvalue weighted by molar-refractivity contribution is -0.334. The van der Waals surface area contributed by atoms with Gasteiger partial charge in [0.1, 0.15) is 19.5 Å². The van der Waals surface area contributed by atoms with E-state index in [0.29, 0.717) is 49.6 Å². The fourth-order valence-electron chi connectivity index (χ4n) is 4.69. The summed E-state index contributed by atoms with van der Waals surface area (Å²) in [7, 11) is 0. The molecule has 33 heavy (non-hydrogen) atoms. The van der Waals surface area contributed by atoms with Gasteiger partial charge in [-0.3, -0.25) is 0 Å². The number of morpholine rings is 1. The predicted molar refractivity (Wildman–Crippen MR) is 110 cm³/mol. The molecule has 0 amide bonds. The van der Waals surface area contributed by atoms with Crippen LogP contribution in [0.25, 0.3) is 5.82 Å². The molecule has 0 aliphatic carbocycles. The summed E-state index contributed by atoms with van der Waals surface area (Å²) in [5.74, 6) is 0.201. The number of rotatable bonds is 5. The van der Waals surface area contributed by atoms with Gasteiger partial charge in [-0.05, 0) is 48.2 Å². The molecule has 2 saturated heterocycles. The topological polar surface area (TPSA) is 98.5 Å². The smallest absolute Gasteiger partial charge is 0.373 e. The highest BCUT2D eigenvalue weighted by Gasteiger charge is 2.52. The van der Waals surface area contributed by atoms with Crippen LogP contribution in [-0.2, 0) is 20.7 Å². The second kappa shape index (κ2) is 8.41. The number of ether oxygens (including phenoxy) is 2. The Morgan fingerprint density at radius 2 is 2.00 bits per heavy atom. The number of likely N-dealkylation sites (tertiary alicyclic amines) is 1. The van der Waals surface area contributed by atoms with Gasteiger partial charge in [-0.2, -0.15) is 13.5 Å². The number of piperidine rings is 1. The van der Waals surface area contributed by atoms with Crippen LogP contribution in [0.2, 0.25) is 0 Å². The minimum Gasteiger partial charge on any atom is -0.456 e. The number of aromatic nitrogens is 5. The minimum atomic E-state index is -3.27. The van der Waals surface area contributed by atoms with Crippen LogP contribution < -0.4 is 0 Å². The van der Waals surface area contributed by atoms with E-state index < -0.39 is 24.2 Å². The molecular weight excluding hydrogens is 436 g/mol. The number of esters is 1. The molecule has 0 aromatic carbocycles. The molecule has 12 heteroatoms. The number of carbonyl (C=O) groups is 1. The summed E-state index contributed by atoms with van der Waals surface area (Å²) in [5.41, 5.74) is 1.08. The zero-order chi connectivity index (χ0) is 23.1. The molecule has 5 heterocycles. The fraction of sp³-hybridized carbons (Fsp3) is 0.571. The van der Waals surface area contributed by atoms with Crippen LogP contribution in [0.4, 0.5) is 8.78 Å². The quantitative estimate of drug-likeness (QED) is 0.608. The fourth-order valence-corrected chi connectivity index (χ4v) is 4.69. The predicted octanol–water partition coefficient (Wildman–Crippen LogP) is 1.19. The summed E-state index contributed by atoms with van der Waals surface area (Å²) in [5, 5.41) is 11.0. The average Bonchev–Trinajstić information content (AvgIpc) is 3.43. The molecule has 0 unspecified atom stereocenters. The maximum absolute atomic E-state index is 14.5. The standard InChI is InChI=1S/C21H25F2N7O3/c1-15-17(11-32-19(15)31)29-12-20(33-21(22,23)13-29)5-8-28(9-6-20)7-4-16-2-3-18(24-10-16)30-14-25-26-27-30/h2-3,10,14H,4-9,11-13H2,1H3. The Morgan fingerprint density at radius 1 is 1.18 bits per heavy atom. The first-order valence-corrected chi connectivity index (χ1v) is 10.9. The zero-order valence-electron chi connectivity index (χ0n) is 18.3. The van der Waals surface area contributed by atoms with Gasteiger partial charge >= 0.3 is 12.1 Å². The Hall–Kier alpha value is -2.99. The van der Waals surface area contributed by atoms with Crippen molar-refractivity contribution >= 4 is 5.97 Å². The summed E-state index contributed by atoms with van der Waals surface area (Å²) < 4.78 is 40.9. The van der Waals surface area contributed by atoms with Crippen molar-refractivity contribution in [3.05, 3.63) is 41.5 Å². The van der Waals surface area contributed by atoms with E-state index in [4.69, 9.17) is 9.47 Å². The highest BCUT2D eigenvalue weighted by Crippen LogP contribution is 2.40. The molecule has 10 nitrogen and oxygen atoms in total. The van der Waals surface area contributed by atoms with Crippen molar-refractivity contribution in [1.82, 2.24) is 35.0 Å². The number of alkyl halides is 2. The van der Waals surface area contributed by atoms with Crippen molar-refractivity contribution < 1.29 is 23.0 Å². The zero-order valence-corrected chi connectivity index (χ0v) is 18.3. The van der Waals surface area contributed by atoms with Crippen molar-refractivity contribution in [2.75, 3.05) is 39.3 Å². The SMILES string of the molecule is CC1=C(N2CC(F)(F)OC3(CCN(CCc4ccc(-n5cnnn5)nc4)CC3)C2)COC1=O. The number of pyridine rings is 1. The largest absolute Gasteiger partial charge is 0.456 e. The first-order chi connectivity index (χ1) is 15.8. The van der Waals surface area contributed by atoms with Crippen LogP contribution in [0.3, 0.4) is 0 Å². The van der Waals surface area contributed by atoms with Gasteiger partial charge in [-0.1, -0.05) is 6.07 Å². The number of carbonyl (C=O) groups excluding carboxylic acids is 1. The van der Waals surface area contributed by atoms with Crippen LogP contribution in [0.5, 0.6) is 0 Å². The monoisotopic (exact) mass is 461 g/mol. The Kier molecular flexibility index (Phi) is 5.57. The second-order valence-corrected chi connectivity index (χ2v) is 8.80. The molecule has 0 bridgehead atoms. The summed E-state index contributed by atoms with van der Waals surface area (Å²) in [4.78, 5) is 19.9. The van der Waals surface area contributed by atoms with Crippen molar-refractivity contribution in [1.29, 1.82) is 0 Å². The summed E-state index contributed by atoms with van der Waals surface area (Å²) in [6.45, 7) is 3.56. The molecule has 2 fully saturated rings. The Morgan fingerprint density at radius 3 is 2.64 bits per heavy atom. The summed E-state index contributed by atoms with van der Waals surface area (Å²) >= 11 is 0. The highest BCUT2D eigenvalue weighted by molar-refractivity contribution is 5.90. The van der Waals surface area contributed by atoms with Gasteiger partial charge in [0.15, 0.2) is 5.82 Å². The van der Waals surface area contributed by atoms with E-state index in [9.17, 15) is 13.6 Å². The van der Waals surface area contributed by atoms with E-state index in [1.165, 1.54) is 11.0 Å². The van der Waals surface area contributed by atoms with E-state index in [-0.39, 0.29) is 6.61 Å². The lowest BCUT2D eigenvalue weighted by Gasteiger charge is -2.50. The van der Waals surface area contributed by atoms with Crippen LogP contribution in [0.15, 0.2) is 35.9 Å². The average molecular weight is 461 g/mol. The molecule has 2 aromatic rings. The lowest BCUT2D eigenvalue weighted by atomic mass is 9.88. The molecule has 2 aromatic heterocycles. The van der Waals surface area contributed by atoms with Crippen LogP contribution in [-0.4, -0.2) is 92.0 Å². The van der Waals surface area contributed by atoms with Crippen LogP contribution in [0, 0.1) is 0 Å². The highest BCUT2D eigenvalue weighted by atomic mass is 19.3. The number of halogens is 2. The maximum Gasteiger partial charge on any atom is 0.373 e. The Labute approximate surface area is 189 Å². The third kappa shape index (κ3) is 4.58. The molecule has 0 saturated carbocycles. The van der Waals surface area contributed by atoms with E-state index >= 15 is 0 Å².